The van der Waals surface area contributed by atoms with E-state index in [-0.39, 0.29) is 5.91 Å². The number of nitrogens with one attached hydrogen (secondary N) is 1. The van der Waals surface area contributed by atoms with Gasteiger partial charge < -0.3 is 5.32 Å². The van der Waals surface area contributed by atoms with Crippen LogP contribution in [-0.2, 0) is 11.8 Å². The highest BCUT2D eigenvalue weighted by atomic mass is 16.2. The van der Waals surface area contributed by atoms with Gasteiger partial charge in [-0.25, -0.2) is 19.9 Å². The number of aromatic nitrogens is 6. The van der Waals surface area contributed by atoms with Gasteiger partial charge >= 0.3 is 0 Å². The van der Waals surface area contributed by atoms with E-state index in [0.29, 0.717) is 12.5 Å². The second-order valence-corrected chi connectivity index (χ2v) is 7.61. The van der Waals surface area contributed by atoms with Crippen LogP contribution in [0.25, 0.3) is 6.08 Å². The highest BCUT2D eigenvalue weighted by molar-refractivity contribution is 5.91. The second-order valence-electron chi connectivity index (χ2n) is 7.61. The highest BCUT2D eigenvalue weighted by Crippen LogP contribution is 2.42. The number of fused-ring (bicyclic) bond motifs is 1. The molecular weight excluding hydrogens is 378 g/mol. The lowest BCUT2D eigenvalue weighted by Crippen LogP contribution is -2.34. The molecule has 0 saturated heterocycles. The number of carbonyl (C=O) groups is 1. The standard InChI is InChI=1S/C22H21N7O/c1-2-20(30)29-17-12-22(18-7-10-23-13-25-18,19-8-11-24-14-26-19)9-6-16(17)21(28-29)27-15-4-3-5-15/h2,6-11,13-15H,1,3-5,12H2,(H,27,28). The lowest BCUT2D eigenvalue weighted by Gasteiger charge is -2.32. The topological polar surface area (TPSA) is 98.5 Å². The summed E-state index contributed by atoms with van der Waals surface area (Å²) < 4.78 is 1.45. The minimum Gasteiger partial charge on any atom is -0.365 e. The number of allylic oxidation sites excluding steroid dienone is 2. The molecular formula is C22H21N7O. The van der Waals surface area contributed by atoms with E-state index in [1.165, 1.54) is 29.8 Å². The molecule has 0 atom stereocenters. The third-order valence-electron chi connectivity index (χ3n) is 5.91. The molecule has 2 aliphatic rings. The zero-order valence-electron chi connectivity index (χ0n) is 16.4. The van der Waals surface area contributed by atoms with Gasteiger partial charge in [-0.3, -0.25) is 4.79 Å². The van der Waals surface area contributed by atoms with E-state index in [4.69, 9.17) is 0 Å². The van der Waals surface area contributed by atoms with Crippen LogP contribution in [0, 0.1) is 0 Å². The Balaban J connectivity index is 1.66. The zero-order chi connectivity index (χ0) is 20.6. The van der Waals surface area contributed by atoms with Gasteiger partial charge in [-0.1, -0.05) is 18.7 Å². The Hall–Kier alpha value is -3.68. The van der Waals surface area contributed by atoms with E-state index < -0.39 is 5.41 Å². The van der Waals surface area contributed by atoms with Crippen molar-refractivity contribution >= 4 is 17.8 Å². The molecule has 5 rings (SSSR count). The van der Waals surface area contributed by atoms with Gasteiger partial charge in [0.25, 0.3) is 5.91 Å². The first-order valence-electron chi connectivity index (χ1n) is 9.99. The van der Waals surface area contributed by atoms with Gasteiger partial charge in [0.15, 0.2) is 5.82 Å². The molecule has 8 nitrogen and oxygen atoms in total. The molecule has 0 radical (unpaired) electrons. The van der Waals surface area contributed by atoms with Crippen LogP contribution in [-0.4, -0.2) is 41.7 Å². The summed E-state index contributed by atoms with van der Waals surface area (Å²) >= 11 is 0. The summed E-state index contributed by atoms with van der Waals surface area (Å²) in [5, 5.41) is 8.10. The Morgan fingerprint density at radius 2 is 1.87 bits per heavy atom. The fourth-order valence-corrected chi connectivity index (χ4v) is 4.07. The SMILES string of the molecule is C=CC(=O)n1nc(NC2CCC2)c2c1CC(c1ccncn1)(c1ccncn1)C=C2. The first kappa shape index (κ1) is 18.4. The van der Waals surface area contributed by atoms with Crippen molar-refractivity contribution in [2.45, 2.75) is 37.1 Å². The Labute approximate surface area is 173 Å². The molecule has 0 unspecified atom stereocenters. The van der Waals surface area contributed by atoms with Crippen LogP contribution in [0.2, 0.25) is 0 Å². The van der Waals surface area contributed by atoms with Crippen molar-refractivity contribution in [2.24, 2.45) is 0 Å². The van der Waals surface area contributed by atoms with Gasteiger partial charge in [0.2, 0.25) is 0 Å². The summed E-state index contributed by atoms with van der Waals surface area (Å²) in [5.41, 5.74) is 2.67. The molecule has 3 aromatic heterocycles. The number of nitrogens with zero attached hydrogens (tertiary/aromatic N) is 6. The van der Waals surface area contributed by atoms with E-state index in [0.717, 1.165) is 41.3 Å². The molecule has 1 N–H and O–H groups in total. The minimum atomic E-state index is -0.661. The Morgan fingerprint density at radius 1 is 1.17 bits per heavy atom. The van der Waals surface area contributed by atoms with Crippen molar-refractivity contribution < 1.29 is 4.79 Å². The summed E-state index contributed by atoms with van der Waals surface area (Å²) in [6.07, 6.45) is 15.8. The number of rotatable bonds is 5. The van der Waals surface area contributed by atoms with Crippen LogP contribution in [0.15, 0.2) is 55.9 Å². The maximum Gasteiger partial charge on any atom is 0.270 e. The predicted molar refractivity (Wildman–Crippen MR) is 112 cm³/mol. The first-order chi connectivity index (χ1) is 14.7. The molecule has 30 heavy (non-hydrogen) atoms. The number of carbonyl (C=O) groups excluding carboxylic acids is 1. The average Bonchev–Trinajstić information content (AvgIpc) is 3.14. The van der Waals surface area contributed by atoms with E-state index in [1.807, 2.05) is 18.2 Å². The van der Waals surface area contributed by atoms with Gasteiger partial charge in [0, 0.05) is 30.4 Å². The van der Waals surface area contributed by atoms with Crippen molar-refractivity contribution in [2.75, 3.05) is 5.32 Å². The summed E-state index contributed by atoms with van der Waals surface area (Å²) in [5.74, 6) is 0.475. The molecule has 1 saturated carbocycles. The molecule has 0 aromatic carbocycles. The fraction of sp³-hybridized carbons (Fsp3) is 0.273. The van der Waals surface area contributed by atoms with Gasteiger partial charge in [-0.15, -0.1) is 5.10 Å². The van der Waals surface area contributed by atoms with E-state index in [9.17, 15) is 4.79 Å². The third-order valence-corrected chi connectivity index (χ3v) is 5.91. The Bertz CT molecular complexity index is 1080. The monoisotopic (exact) mass is 399 g/mol. The van der Waals surface area contributed by atoms with Gasteiger partial charge in [0.05, 0.1) is 22.5 Å². The van der Waals surface area contributed by atoms with Crippen LogP contribution in [0.4, 0.5) is 5.82 Å². The highest BCUT2D eigenvalue weighted by Gasteiger charge is 2.41. The van der Waals surface area contributed by atoms with Crippen molar-refractivity contribution in [3.63, 3.8) is 0 Å². The molecule has 0 bridgehead atoms. The Kier molecular flexibility index (Phi) is 4.46. The van der Waals surface area contributed by atoms with Crippen LogP contribution >= 0.6 is 0 Å². The van der Waals surface area contributed by atoms with Crippen LogP contribution < -0.4 is 5.32 Å². The first-order valence-corrected chi connectivity index (χ1v) is 9.99. The maximum absolute atomic E-state index is 12.6. The second kappa shape index (κ2) is 7.29. The van der Waals surface area contributed by atoms with E-state index in [2.05, 4.69) is 43.0 Å². The molecule has 1 fully saturated rings. The molecule has 0 amide bonds. The summed E-state index contributed by atoms with van der Waals surface area (Å²) in [6, 6.07) is 4.15. The van der Waals surface area contributed by atoms with Crippen molar-refractivity contribution in [1.29, 1.82) is 0 Å². The van der Waals surface area contributed by atoms with Crippen LogP contribution in [0.1, 0.15) is 46.7 Å². The summed E-state index contributed by atoms with van der Waals surface area (Å²) in [4.78, 5) is 29.8. The quantitative estimate of drug-likeness (QED) is 0.659. The Morgan fingerprint density at radius 3 is 2.40 bits per heavy atom. The summed E-state index contributed by atoms with van der Waals surface area (Å²) in [6.45, 7) is 3.65. The van der Waals surface area contributed by atoms with Crippen LogP contribution in [0.5, 0.6) is 0 Å². The van der Waals surface area contributed by atoms with Gasteiger partial charge in [0.1, 0.15) is 12.7 Å². The maximum atomic E-state index is 12.6. The smallest absolute Gasteiger partial charge is 0.270 e. The third kappa shape index (κ3) is 2.92. The van der Waals surface area contributed by atoms with E-state index in [1.54, 1.807) is 12.4 Å². The summed E-state index contributed by atoms with van der Waals surface area (Å²) in [7, 11) is 0. The van der Waals surface area contributed by atoms with Crippen molar-refractivity contribution in [3.05, 3.63) is 78.6 Å². The zero-order valence-corrected chi connectivity index (χ0v) is 16.4. The van der Waals surface area contributed by atoms with Crippen molar-refractivity contribution in [3.8, 4) is 0 Å². The fourth-order valence-electron chi connectivity index (χ4n) is 4.07. The molecule has 2 aliphatic carbocycles. The van der Waals surface area contributed by atoms with E-state index >= 15 is 0 Å². The molecule has 3 heterocycles. The molecule has 150 valence electrons. The average molecular weight is 399 g/mol. The normalized spacial score (nSPS) is 17.1. The molecule has 3 aromatic rings. The largest absolute Gasteiger partial charge is 0.365 e. The number of hydrogen-bond acceptors (Lipinski definition) is 7. The molecule has 8 heteroatoms. The van der Waals surface area contributed by atoms with Gasteiger partial charge in [-0.2, -0.15) is 4.68 Å². The number of anilines is 1. The molecule has 0 aliphatic heterocycles. The lowest BCUT2D eigenvalue weighted by molar-refractivity contribution is 0.0950. The van der Waals surface area contributed by atoms with Crippen LogP contribution in [0.3, 0.4) is 0 Å². The lowest BCUT2D eigenvalue weighted by atomic mass is 9.73. The number of hydrogen-bond donors (Lipinski definition) is 1. The predicted octanol–water partition coefficient (Wildman–Crippen LogP) is 2.81. The van der Waals surface area contributed by atoms with Crippen molar-refractivity contribution in [1.82, 2.24) is 29.7 Å². The minimum absolute atomic E-state index is 0.262. The van der Waals surface area contributed by atoms with Gasteiger partial charge in [-0.05, 0) is 37.5 Å². The molecule has 0 spiro atoms.